The molecule has 1 aliphatic heterocycles. The molecule has 3 rings (SSSR count). The zero-order valence-electron chi connectivity index (χ0n) is 13.8. The second-order valence-corrected chi connectivity index (χ2v) is 6.57. The molecule has 2 N–H and O–H groups in total. The third kappa shape index (κ3) is 3.20. The average molecular weight is 351 g/mol. The van der Waals surface area contributed by atoms with E-state index in [-0.39, 0.29) is 18.0 Å². The largest absolute Gasteiger partial charge is 0.350 e. The Kier molecular flexibility index (Phi) is 4.45. The lowest BCUT2D eigenvalue weighted by molar-refractivity contribution is -0.137. The topological polar surface area (TPSA) is 78.5 Å². The summed E-state index contributed by atoms with van der Waals surface area (Å²) in [6, 6.07) is 1.37. The molecule has 1 heterocycles. The van der Waals surface area contributed by atoms with Gasteiger partial charge in [0.05, 0.1) is 0 Å². The Hall–Kier alpha value is -2.51. The van der Waals surface area contributed by atoms with E-state index < -0.39 is 35.2 Å². The van der Waals surface area contributed by atoms with Crippen molar-refractivity contribution in [1.82, 2.24) is 15.5 Å². The summed E-state index contributed by atoms with van der Waals surface area (Å²) in [4.78, 5) is 38.0. The van der Waals surface area contributed by atoms with Gasteiger partial charge in [0, 0.05) is 12.6 Å². The molecule has 134 valence electrons. The van der Waals surface area contributed by atoms with Gasteiger partial charge in [0.25, 0.3) is 5.91 Å². The predicted octanol–water partition coefficient (Wildman–Crippen LogP) is 1.83. The van der Waals surface area contributed by atoms with E-state index in [9.17, 15) is 23.2 Å². The smallest absolute Gasteiger partial charge is 0.325 e. The van der Waals surface area contributed by atoms with Crippen LogP contribution in [0.5, 0.6) is 0 Å². The number of halogens is 2. The summed E-state index contributed by atoms with van der Waals surface area (Å²) >= 11 is 0. The van der Waals surface area contributed by atoms with Crippen LogP contribution < -0.4 is 10.6 Å². The van der Waals surface area contributed by atoms with Crippen LogP contribution in [0.2, 0.25) is 0 Å². The monoisotopic (exact) mass is 351 g/mol. The molecule has 2 aliphatic rings. The third-order valence-corrected chi connectivity index (χ3v) is 4.81. The van der Waals surface area contributed by atoms with Crippen LogP contribution in [0.3, 0.4) is 0 Å². The number of benzene rings is 1. The Morgan fingerprint density at radius 2 is 1.84 bits per heavy atom. The summed E-state index contributed by atoms with van der Waals surface area (Å²) in [5.41, 5.74) is -0.625. The van der Waals surface area contributed by atoms with Gasteiger partial charge in [0.1, 0.15) is 23.2 Å². The molecule has 1 aromatic rings. The number of imide groups is 1. The van der Waals surface area contributed by atoms with E-state index in [1.165, 1.54) is 6.92 Å². The summed E-state index contributed by atoms with van der Waals surface area (Å²) in [7, 11) is 0. The van der Waals surface area contributed by atoms with Gasteiger partial charge in [-0.15, -0.1) is 0 Å². The van der Waals surface area contributed by atoms with Crippen molar-refractivity contribution < 1.29 is 23.2 Å². The van der Waals surface area contributed by atoms with E-state index >= 15 is 0 Å². The number of carbonyl (C=O) groups excluding carboxylic acids is 3. The second kappa shape index (κ2) is 6.42. The Labute approximate surface area is 143 Å². The number of urea groups is 1. The van der Waals surface area contributed by atoms with Crippen molar-refractivity contribution in [2.75, 3.05) is 0 Å². The quantitative estimate of drug-likeness (QED) is 0.813. The molecule has 2 fully saturated rings. The zero-order valence-corrected chi connectivity index (χ0v) is 13.8. The molecular weight excluding hydrogens is 332 g/mol. The van der Waals surface area contributed by atoms with Crippen molar-refractivity contribution in [3.05, 3.63) is 35.4 Å². The van der Waals surface area contributed by atoms with E-state index in [1.54, 1.807) is 0 Å². The van der Waals surface area contributed by atoms with E-state index in [1.807, 2.05) is 0 Å². The molecule has 0 bridgehead atoms. The van der Waals surface area contributed by atoms with Crippen LogP contribution in [-0.4, -0.2) is 34.3 Å². The first-order valence-corrected chi connectivity index (χ1v) is 8.21. The second-order valence-electron chi connectivity index (χ2n) is 6.57. The minimum Gasteiger partial charge on any atom is -0.350 e. The van der Waals surface area contributed by atoms with Gasteiger partial charge in [-0.3, -0.25) is 9.59 Å². The summed E-state index contributed by atoms with van der Waals surface area (Å²) in [6.07, 6.45) is 2.85. The van der Waals surface area contributed by atoms with Gasteiger partial charge < -0.3 is 10.6 Å². The van der Waals surface area contributed by atoms with Crippen LogP contribution in [0.25, 0.3) is 0 Å². The molecule has 1 saturated heterocycles. The number of amides is 4. The summed E-state index contributed by atoms with van der Waals surface area (Å²) in [5.74, 6) is -2.43. The lowest BCUT2D eigenvalue weighted by Crippen LogP contribution is -2.49. The molecule has 25 heavy (non-hydrogen) atoms. The van der Waals surface area contributed by atoms with Crippen LogP contribution in [0.4, 0.5) is 13.6 Å². The van der Waals surface area contributed by atoms with Gasteiger partial charge in [0.2, 0.25) is 5.91 Å². The minimum absolute atomic E-state index is 0.105. The number of hydrogen-bond donors (Lipinski definition) is 2. The van der Waals surface area contributed by atoms with E-state index in [4.69, 9.17) is 0 Å². The molecule has 8 heteroatoms. The fourth-order valence-electron chi connectivity index (χ4n) is 3.48. The van der Waals surface area contributed by atoms with Crippen LogP contribution >= 0.6 is 0 Å². The Morgan fingerprint density at radius 3 is 2.44 bits per heavy atom. The van der Waals surface area contributed by atoms with E-state index in [0.717, 1.165) is 35.9 Å². The molecule has 6 nitrogen and oxygen atoms in total. The van der Waals surface area contributed by atoms with Crippen LogP contribution in [0.15, 0.2) is 18.2 Å². The highest BCUT2D eigenvalue weighted by atomic mass is 19.1. The van der Waals surface area contributed by atoms with Crippen LogP contribution in [-0.2, 0) is 16.1 Å². The molecule has 1 aromatic carbocycles. The van der Waals surface area contributed by atoms with Gasteiger partial charge in [-0.25, -0.2) is 18.5 Å². The molecule has 1 spiro atoms. The fraction of sp³-hybridized carbons (Fsp3) is 0.471. The highest BCUT2D eigenvalue weighted by Gasteiger charge is 2.54. The van der Waals surface area contributed by atoms with E-state index in [0.29, 0.717) is 12.8 Å². The minimum atomic E-state index is -1.01. The van der Waals surface area contributed by atoms with Gasteiger partial charge in [-0.1, -0.05) is 12.8 Å². The van der Waals surface area contributed by atoms with Crippen molar-refractivity contribution in [2.45, 2.75) is 50.7 Å². The number of carbonyl (C=O) groups is 3. The van der Waals surface area contributed by atoms with Crippen molar-refractivity contribution in [2.24, 2.45) is 0 Å². The number of rotatable bonds is 4. The maximum Gasteiger partial charge on any atom is 0.325 e. The molecule has 4 amide bonds. The molecule has 0 radical (unpaired) electrons. The van der Waals surface area contributed by atoms with Crippen molar-refractivity contribution in [1.29, 1.82) is 0 Å². The summed E-state index contributed by atoms with van der Waals surface area (Å²) in [5, 5.41) is 5.22. The SMILES string of the molecule is CC(C(=O)NCc1cc(F)cc(F)c1)N1C(=O)NC2(CCCC2)C1=O. The Bertz CT molecular complexity index is 712. The van der Waals surface area contributed by atoms with Crippen LogP contribution in [0, 0.1) is 11.6 Å². The number of nitrogens with one attached hydrogen (secondary N) is 2. The van der Waals surface area contributed by atoms with Crippen molar-refractivity contribution in [3.8, 4) is 0 Å². The summed E-state index contributed by atoms with van der Waals surface area (Å²) < 4.78 is 26.3. The lowest BCUT2D eigenvalue weighted by Gasteiger charge is -2.23. The first-order chi connectivity index (χ1) is 11.8. The molecule has 1 aliphatic carbocycles. The molecule has 1 unspecified atom stereocenters. The molecular formula is C17H19F2N3O3. The number of nitrogens with zero attached hydrogens (tertiary/aromatic N) is 1. The first kappa shape index (κ1) is 17.3. The highest BCUT2D eigenvalue weighted by molar-refractivity contribution is 6.09. The van der Waals surface area contributed by atoms with Gasteiger partial charge in [-0.05, 0) is 37.5 Å². The van der Waals surface area contributed by atoms with Gasteiger partial charge in [0.15, 0.2) is 0 Å². The number of hydrogen-bond acceptors (Lipinski definition) is 3. The Balaban J connectivity index is 1.66. The van der Waals surface area contributed by atoms with E-state index in [2.05, 4.69) is 10.6 Å². The average Bonchev–Trinajstić information content (AvgIpc) is 3.09. The molecule has 1 saturated carbocycles. The summed E-state index contributed by atoms with van der Waals surface area (Å²) in [6.45, 7) is 1.35. The van der Waals surface area contributed by atoms with Crippen LogP contribution in [0.1, 0.15) is 38.2 Å². The maximum absolute atomic E-state index is 13.2. The first-order valence-electron chi connectivity index (χ1n) is 8.21. The third-order valence-electron chi connectivity index (χ3n) is 4.81. The zero-order chi connectivity index (χ0) is 18.2. The normalized spacial score (nSPS) is 20.0. The Morgan fingerprint density at radius 1 is 1.24 bits per heavy atom. The predicted molar refractivity (Wildman–Crippen MR) is 84.2 cm³/mol. The van der Waals surface area contributed by atoms with Crippen molar-refractivity contribution in [3.63, 3.8) is 0 Å². The maximum atomic E-state index is 13.2. The van der Waals surface area contributed by atoms with Gasteiger partial charge in [-0.2, -0.15) is 0 Å². The lowest BCUT2D eigenvalue weighted by atomic mass is 9.97. The van der Waals surface area contributed by atoms with Gasteiger partial charge >= 0.3 is 6.03 Å². The standard InChI is InChI=1S/C17H19F2N3O3/c1-10(14(23)20-9-11-6-12(18)8-13(19)7-11)22-15(24)17(21-16(22)25)4-2-3-5-17/h6-8,10H,2-5,9H2,1H3,(H,20,23)(H,21,25). The molecule has 0 aromatic heterocycles. The molecule has 1 atom stereocenters. The highest BCUT2D eigenvalue weighted by Crippen LogP contribution is 2.35. The van der Waals surface area contributed by atoms with Crippen molar-refractivity contribution >= 4 is 17.8 Å². The fourth-order valence-corrected chi connectivity index (χ4v) is 3.48.